The molecule has 1 heterocycles. The number of nitrogens with two attached hydrogens (primary N) is 1. The van der Waals surface area contributed by atoms with E-state index in [2.05, 4.69) is 28.9 Å². The van der Waals surface area contributed by atoms with Gasteiger partial charge in [0.15, 0.2) is 5.84 Å². The molecule has 1 rings (SSSR count). The maximum absolute atomic E-state index is 9.25. The molecular weight excluding hydrogens is 244 g/mol. The van der Waals surface area contributed by atoms with E-state index in [1.165, 1.54) is 0 Å². The standard InChI is InChI=1S/C13H22N4O2/c1-3-10(4-2)17(7-8-18)12-9-15-6-5-11(12)13(14)16-19/h5-6,9-10,18-19H,3-4,7-8H2,1-2H3,(H2,14,16). The molecule has 0 aliphatic heterocycles. The zero-order chi connectivity index (χ0) is 14.3. The molecule has 106 valence electrons. The van der Waals surface area contributed by atoms with Gasteiger partial charge in [0.25, 0.3) is 0 Å². The zero-order valence-corrected chi connectivity index (χ0v) is 11.5. The van der Waals surface area contributed by atoms with Gasteiger partial charge in [-0.2, -0.15) is 0 Å². The summed E-state index contributed by atoms with van der Waals surface area (Å²) in [5, 5.41) is 21.2. The van der Waals surface area contributed by atoms with Gasteiger partial charge >= 0.3 is 0 Å². The summed E-state index contributed by atoms with van der Waals surface area (Å²) in [6.07, 6.45) is 5.17. The fraction of sp³-hybridized carbons (Fsp3) is 0.538. The lowest BCUT2D eigenvalue weighted by molar-refractivity contribution is 0.296. The van der Waals surface area contributed by atoms with Crippen molar-refractivity contribution in [2.75, 3.05) is 18.1 Å². The molecule has 19 heavy (non-hydrogen) atoms. The molecule has 4 N–H and O–H groups in total. The van der Waals surface area contributed by atoms with Gasteiger partial charge in [-0.3, -0.25) is 4.98 Å². The second-order valence-corrected chi connectivity index (χ2v) is 4.27. The average molecular weight is 266 g/mol. The molecule has 0 radical (unpaired) electrons. The minimum atomic E-state index is 0.0427. The second-order valence-electron chi connectivity index (χ2n) is 4.27. The Hall–Kier alpha value is -1.82. The van der Waals surface area contributed by atoms with Crippen LogP contribution in [0.4, 0.5) is 5.69 Å². The fourth-order valence-corrected chi connectivity index (χ4v) is 2.22. The fourth-order valence-electron chi connectivity index (χ4n) is 2.22. The van der Waals surface area contributed by atoms with Crippen LogP contribution in [0.25, 0.3) is 0 Å². The van der Waals surface area contributed by atoms with Crippen molar-refractivity contribution in [3.8, 4) is 0 Å². The van der Waals surface area contributed by atoms with E-state index < -0.39 is 0 Å². The van der Waals surface area contributed by atoms with Crippen LogP contribution in [-0.4, -0.2) is 40.3 Å². The van der Waals surface area contributed by atoms with Crippen molar-refractivity contribution in [3.05, 3.63) is 24.0 Å². The Morgan fingerprint density at radius 3 is 2.68 bits per heavy atom. The molecular formula is C13H22N4O2. The molecule has 0 unspecified atom stereocenters. The van der Waals surface area contributed by atoms with Crippen LogP contribution >= 0.6 is 0 Å². The molecule has 1 aromatic heterocycles. The number of nitrogens with zero attached hydrogens (tertiary/aromatic N) is 3. The highest BCUT2D eigenvalue weighted by Gasteiger charge is 2.19. The van der Waals surface area contributed by atoms with Crippen molar-refractivity contribution in [1.82, 2.24) is 4.98 Å². The molecule has 0 bridgehead atoms. The highest BCUT2D eigenvalue weighted by Crippen LogP contribution is 2.23. The Kier molecular flexibility index (Phi) is 6.08. The van der Waals surface area contributed by atoms with Crippen molar-refractivity contribution < 1.29 is 10.3 Å². The average Bonchev–Trinajstić information content (AvgIpc) is 2.46. The lowest BCUT2D eigenvalue weighted by atomic mass is 10.1. The SMILES string of the molecule is CCC(CC)N(CCO)c1cnccc1/C(N)=N/O. The predicted octanol–water partition coefficient (Wildman–Crippen LogP) is 1.16. The molecule has 6 heteroatoms. The van der Waals surface area contributed by atoms with Gasteiger partial charge in [0.1, 0.15) is 0 Å². The van der Waals surface area contributed by atoms with E-state index in [1.54, 1.807) is 18.5 Å². The predicted molar refractivity (Wildman–Crippen MR) is 75.5 cm³/mol. The minimum Gasteiger partial charge on any atom is -0.409 e. The van der Waals surface area contributed by atoms with Gasteiger partial charge < -0.3 is 20.9 Å². The molecule has 0 aliphatic rings. The van der Waals surface area contributed by atoms with Crippen LogP contribution in [-0.2, 0) is 0 Å². The van der Waals surface area contributed by atoms with Gasteiger partial charge in [-0.05, 0) is 18.9 Å². The molecule has 6 nitrogen and oxygen atoms in total. The van der Waals surface area contributed by atoms with Gasteiger partial charge in [0.2, 0.25) is 0 Å². The van der Waals surface area contributed by atoms with Crippen LogP contribution in [0.3, 0.4) is 0 Å². The summed E-state index contributed by atoms with van der Waals surface area (Å²) in [5.74, 6) is 0.0475. The number of hydrogen-bond donors (Lipinski definition) is 3. The van der Waals surface area contributed by atoms with Crippen LogP contribution in [0, 0.1) is 0 Å². The quantitative estimate of drug-likeness (QED) is 0.298. The molecule has 0 saturated carbocycles. The van der Waals surface area contributed by atoms with Crippen LogP contribution in [0.15, 0.2) is 23.6 Å². The molecule has 0 fully saturated rings. The smallest absolute Gasteiger partial charge is 0.172 e. The maximum atomic E-state index is 9.25. The van der Waals surface area contributed by atoms with Crippen LogP contribution in [0.1, 0.15) is 32.3 Å². The van der Waals surface area contributed by atoms with Crippen molar-refractivity contribution in [2.45, 2.75) is 32.7 Å². The first-order valence-corrected chi connectivity index (χ1v) is 6.48. The van der Waals surface area contributed by atoms with E-state index in [9.17, 15) is 5.11 Å². The number of amidine groups is 1. The number of pyridine rings is 1. The molecule has 0 aliphatic carbocycles. The van der Waals surface area contributed by atoms with E-state index >= 15 is 0 Å². The third-order valence-electron chi connectivity index (χ3n) is 3.22. The number of anilines is 1. The number of aromatic nitrogens is 1. The Morgan fingerprint density at radius 2 is 2.16 bits per heavy atom. The first-order chi connectivity index (χ1) is 9.19. The summed E-state index contributed by atoms with van der Waals surface area (Å²) in [5.41, 5.74) is 7.10. The molecule has 0 spiro atoms. The number of rotatable bonds is 7. The zero-order valence-electron chi connectivity index (χ0n) is 11.5. The lowest BCUT2D eigenvalue weighted by Gasteiger charge is -2.33. The Labute approximate surface area is 113 Å². The summed E-state index contributed by atoms with van der Waals surface area (Å²) in [6, 6.07) is 1.98. The van der Waals surface area contributed by atoms with E-state index in [0.29, 0.717) is 12.1 Å². The Balaban J connectivity index is 3.22. The first kappa shape index (κ1) is 15.2. The molecule has 0 aromatic carbocycles. The van der Waals surface area contributed by atoms with Gasteiger partial charge in [-0.1, -0.05) is 19.0 Å². The summed E-state index contributed by atoms with van der Waals surface area (Å²) in [6.45, 7) is 4.72. The molecule has 0 amide bonds. The van der Waals surface area contributed by atoms with Crippen LogP contribution in [0.2, 0.25) is 0 Å². The second kappa shape index (κ2) is 7.58. The normalized spacial score (nSPS) is 11.9. The van der Waals surface area contributed by atoms with E-state index in [-0.39, 0.29) is 18.5 Å². The van der Waals surface area contributed by atoms with Crippen molar-refractivity contribution in [1.29, 1.82) is 0 Å². The lowest BCUT2D eigenvalue weighted by Crippen LogP contribution is -2.38. The summed E-state index contributed by atoms with van der Waals surface area (Å²) in [7, 11) is 0. The number of oxime groups is 1. The molecule has 0 saturated heterocycles. The Morgan fingerprint density at radius 1 is 1.47 bits per heavy atom. The van der Waals surface area contributed by atoms with Crippen LogP contribution < -0.4 is 10.6 Å². The summed E-state index contributed by atoms with van der Waals surface area (Å²) >= 11 is 0. The van der Waals surface area contributed by atoms with Gasteiger partial charge in [-0.15, -0.1) is 0 Å². The van der Waals surface area contributed by atoms with Crippen LogP contribution in [0.5, 0.6) is 0 Å². The van der Waals surface area contributed by atoms with Crippen molar-refractivity contribution in [3.63, 3.8) is 0 Å². The maximum Gasteiger partial charge on any atom is 0.172 e. The monoisotopic (exact) mass is 266 g/mol. The summed E-state index contributed by atoms with van der Waals surface area (Å²) in [4.78, 5) is 6.16. The minimum absolute atomic E-state index is 0.0427. The van der Waals surface area contributed by atoms with Gasteiger partial charge in [0, 0.05) is 24.3 Å². The molecule has 0 atom stereocenters. The van der Waals surface area contributed by atoms with E-state index in [1.807, 2.05) is 0 Å². The van der Waals surface area contributed by atoms with Gasteiger partial charge in [-0.25, -0.2) is 0 Å². The first-order valence-electron chi connectivity index (χ1n) is 6.48. The Bertz CT molecular complexity index is 419. The van der Waals surface area contributed by atoms with Crippen molar-refractivity contribution >= 4 is 11.5 Å². The number of hydrogen-bond acceptors (Lipinski definition) is 5. The highest BCUT2D eigenvalue weighted by atomic mass is 16.4. The molecule has 1 aromatic rings. The van der Waals surface area contributed by atoms with E-state index in [4.69, 9.17) is 10.9 Å². The summed E-state index contributed by atoms with van der Waals surface area (Å²) < 4.78 is 0. The third-order valence-corrected chi connectivity index (χ3v) is 3.22. The highest BCUT2D eigenvalue weighted by molar-refractivity contribution is 6.02. The van der Waals surface area contributed by atoms with Gasteiger partial charge in [0.05, 0.1) is 18.5 Å². The number of aliphatic hydroxyl groups is 1. The van der Waals surface area contributed by atoms with E-state index in [0.717, 1.165) is 18.5 Å². The third kappa shape index (κ3) is 3.57. The largest absolute Gasteiger partial charge is 0.409 e. The van der Waals surface area contributed by atoms with Crippen molar-refractivity contribution in [2.24, 2.45) is 10.9 Å². The topological polar surface area (TPSA) is 95.0 Å². The number of aliphatic hydroxyl groups excluding tert-OH is 1.